The van der Waals surface area contributed by atoms with E-state index in [0.717, 1.165) is 0 Å². The van der Waals surface area contributed by atoms with Crippen LogP contribution in [0.25, 0.3) is 0 Å². The SMILES string of the molecule is NC(N)=O.NC(N)=O.NC(N)=O.NC(N)=O.NC(N)=O.NC(N)=O. The molecule has 0 aliphatic rings. The highest BCUT2D eigenvalue weighted by Crippen LogP contribution is 1.27. The Morgan fingerprint density at radius 2 is 0.250 bits per heavy atom. The molecule has 0 unspecified atom stereocenters. The summed E-state index contributed by atoms with van der Waals surface area (Å²) in [4.78, 5) is 54.0. The van der Waals surface area contributed by atoms with Gasteiger partial charge in [-0.2, -0.15) is 0 Å². The number of carbonyl (C=O) groups is 6. The molecule has 0 aliphatic carbocycles. The normalized spacial score (nSPS) is 6.00. The maximum atomic E-state index is 9.00. The molecule has 0 fully saturated rings. The van der Waals surface area contributed by atoms with Crippen LogP contribution in [0.5, 0.6) is 0 Å². The second-order valence-electron chi connectivity index (χ2n) is 2.41. The number of primary amides is 12. The summed E-state index contributed by atoms with van der Waals surface area (Å²) in [5.41, 5.74) is 51.0. The Bertz CT molecular complexity index is 267. The molecule has 0 aromatic heterocycles. The minimum absolute atomic E-state index is 0.833. The van der Waals surface area contributed by atoms with Crippen molar-refractivity contribution in [3.8, 4) is 0 Å². The fourth-order valence-electron chi connectivity index (χ4n) is 0. The molecule has 24 N–H and O–H groups in total. The van der Waals surface area contributed by atoms with Crippen LogP contribution in [0.4, 0.5) is 28.8 Å². The van der Waals surface area contributed by atoms with Gasteiger partial charge in [-0.3, -0.25) is 0 Å². The van der Waals surface area contributed by atoms with Gasteiger partial charge in [0.2, 0.25) is 0 Å². The predicted molar refractivity (Wildman–Crippen MR) is 82.6 cm³/mol. The monoisotopic (exact) mass is 360 g/mol. The highest BCUT2D eigenvalue weighted by molar-refractivity contribution is 5.70. The van der Waals surface area contributed by atoms with Gasteiger partial charge in [0.15, 0.2) is 0 Å². The van der Waals surface area contributed by atoms with Gasteiger partial charge in [-0.15, -0.1) is 0 Å². The van der Waals surface area contributed by atoms with Gasteiger partial charge in [0, 0.05) is 0 Å². The van der Waals surface area contributed by atoms with E-state index in [-0.39, 0.29) is 0 Å². The third-order valence-electron chi connectivity index (χ3n) is 0. The van der Waals surface area contributed by atoms with E-state index in [4.69, 9.17) is 28.8 Å². The molecule has 0 bridgehead atoms. The van der Waals surface area contributed by atoms with Gasteiger partial charge in [0.1, 0.15) is 0 Å². The number of amides is 12. The number of carbonyl (C=O) groups excluding carboxylic acids is 6. The van der Waals surface area contributed by atoms with Crippen LogP contribution in [0.2, 0.25) is 0 Å². The minimum Gasteiger partial charge on any atom is -0.352 e. The molecule has 18 heteroatoms. The van der Waals surface area contributed by atoms with Gasteiger partial charge in [-0.1, -0.05) is 0 Å². The first-order chi connectivity index (χ1) is 10.4. The van der Waals surface area contributed by atoms with E-state index in [1.807, 2.05) is 0 Å². The quantitative estimate of drug-likeness (QED) is 0.199. The van der Waals surface area contributed by atoms with Crippen LogP contribution in [0.1, 0.15) is 0 Å². The lowest BCUT2D eigenvalue weighted by molar-refractivity contribution is 0.255. The molecule has 0 saturated carbocycles. The molecule has 0 radical (unpaired) electrons. The fraction of sp³-hybridized carbons (Fsp3) is 0. The third-order valence-corrected chi connectivity index (χ3v) is 0. The molecule has 0 atom stereocenters. The smallest absolute Gasteiger partial charge is 0.309 e. The molecule has 12 amide bonds. The third kappa shape index (κ3) is 254. The van der Waals surface area contributed by atoms with Crippen LogP contribution >= 0.6 is 0 Å². The molecular formula is C6H24N12O6. The van der Waals surface area contributed by atoms with Crippen molar-refractivity contribution in [2.45, 2.75) is 0 Å². The zero-order valence-corrected chi connectivity index (χ0v) is 12.4. The molecule has 18 nitrogen and oxygen atoms in total. The summed E-state index contributed by atoms with van der Waals surface area (Å²) >= 11 is 0. The molecule has 0 saturated heterocycles. The molecule has 0 aromatic rings. The van der Waals surface area contributed by atoms with Crippen molar-refractivity contribution in [2.75, 3.05) is 0 Å². The second kappa shape index (κ2) is 31.2. The molecule has 0 aromatic carbocycles. The standard InChI is InChI=1S/6CH4N2O/c6*2-1(3)4/h6*(H4,2,3,4). The van der Waals surface area contributed by atoms with Crippen molar-refractivity contribution in [3.63, 3.8) is 0 Å². The lowest BCUT2D eigenvalue weighted by Crippen LogP contribution is -2.18. The first kappa shape index (κ1) is 36.7. The van der Waals surface area contributed by atoms with Crippen molar-refractivity contribution < 1.29 is 28.8 Å². The van der Waals surface area contributed by atoms with E-state index < -0.39 is 36.2 Å². The van der Waals surface area contributed by atoms with Crippen LogP contribution in [0, 0.1) is 0 Å². The predicted octanol–water partition coefficient (Wildman–Crippen LogP) is -5.86. The molecule has 0 rings (SSSR count). The maximum absolute atomic E-state index is 9.00. The van der Waals surface area contributed by atoms with Gasteiger partial charge >= 0.3 is 36.2 Å². The van der Waals surface area contributed by atoms with Gasteiger partial charge in [0.25, 0.3) is 0 Å². The zero-order valence-electron chi connectivity index (χ0n) is 12.4. The Hall–Kier alpha value is -4.38. The van der Waals surface area contributed by atoms with Crippen molar-refractivity contribution in [1.29, 1.82) is 0 Å². The van der Waals surface area contributed by atoms with E-state index in [0.29, 0.717) is 0 Å². The van der Waals surface area contributed by atoms with Crippen molar-refractivity contribution >= 4 is 36.2 Å². The van der Waals surface area contributed by atoms with E-state index in [1.165, 1.54) is 0 Å². The zero-order chi connectivity index (χ0) is 21.5. The average Bonchev–Trinajstić information content (AvgIpc) is 2.08. The summed E-state index contributed by atoms with van der Waals surface area (Å²) in [6.07, 6.45) is 0. The Morgan fingerprint density at radius 3 is 0.250 bits per heavy atom. The van der Waals surface area contributed by atoms with Crippen LogP contribution in [-0.4, -0.2) is 36.2 Å². The van der Waals surface area contributed by atoms with Crippen LogP contribution in [0.3, 0.4) is 0 Å². The lowest BCUT2D eigenvalue weighted by Gasteiger charge is -1.62. The number of hydrogen-bond acceptors (Lipinski definition) is 6. The molecule has 0 aliphatic heterocycles. The van der Waals surface area contributed by atoms with Gasteiger partial charge < -0.3 is 68.8 Å². The molecule has 0 spiro atoms. The van der Waals surface area contributed by atoms with Gasteiger partial charge in [-0.25, -0.2) is 28.8 Å². The van der Waals surface area contributed by atoms with E-state index in [9.17, 15) is 0 Å². The Balaban J connectivity index is -0.0000000405. The van der Waals surface area contributed by atoms with Gasteiger partial charge in [0.05, 0.1) is 0 Å². The number of hydrogen-bond donors (Lipinski definition) is 12. The Kier molecular flexibility index (Phi) is 47.6. The molecule has 144 valence electrons. The largest absolute Gasteiger partial charge is 0.352 e. The first-order valence-electron chi connectivity index (χ1n) is 4.69. The number of nitrogens with two attached hydrogens (primary N) is 12. The highest BCUT2D eigenvalue weighted by Gasteiger charge is 1.62. The maximum Gasteiger partial charge on any atom is 0.309 e. The highest BCUT2D eigenvalue weighted by atomic mass is 16.2. The van der Waals surface area contributed by atoms with E-state index in [1.54, 1.807) is 0 Å². The summed E-state index contributed by atoms with van der Waals surface area (Å²) in [5.74, 6) is 0. The summed E-state index contributed by atoms with van der Waals surface area (Å²) in [7, 11) is 0. The average molecular weight is 360 g/mol. The summed E-state index contributed by atoms with van der Waals surface area (Å²) in [6.45, 7) is 0. The number of rotatable bonds is 0. The van der Waals surface area contributed by atoms with E-state index in [2.05, 4.69) is 68.8 Å². The van der Waals surface area contributed by atoms with Gasteiger partial charge in [-0.05, 0) is 0 Å². The summed E-state index contributed by atoms with van der Waals surface area (Å²) < 4.78 is 0. The lowest BCUT2D eigenvalue weighted by atomic mass is 11.2. The summed E-state index contributed by atoms with van der Waals surface area (Å²) in [5, 5.41) is 0. The molecular weight excluding hydrogens is 336 g/mol. The summed E-state index contributed by atoms with van der Waals surface area (Å²) in [6, 6.07) is -5.00. The van der Waals surface area contributed by atoms with E-state index >= 15 is 0 Å². The molecule has 24 heavy (non-hydrogen) atoms. The Labute approximate surface area is 135 Å². The van der Waals surface area contributed by atoms with Crippen molar-refractivity contribution in [2.24, 2.45) is 68.8 Å². The van der Waals surface area contributed by atoms with Crippen LogP contribution in [-0.2, 0) is 0 Å². The second-order valence-corrected chi connectivity index (χ2v) is 2.41. The fourth-order valence-corrected chi connectivity index (χ4v) is 0. The number of urea groups is 6. The Morgan fingerprint density at radius 1 is 0.250 bits per heavy atom. The topological polar surface area (TPSA) is 415 Å². The van der Waals surface area contributed by atoms with Crippen LogP contribution < -0.4 is 68.8 Å². The van der Waals surface area contributed by atoms with Crippen molar-refractivity contribution in [3.05, 3.63) is 0 Å². The molecule has 0 heterocycles. The van der Waals surface area contributed by atoms with Crippen LogP contribution in [0.15, 0.2) is 0 Å². The first-order valence-corrected chi connectivity index (χ1v) is 4.69. The minimum atomic E-state index is -0.833. The van der Waals surface area contributed by atoms with Crippen molar-refractivity contribution in [1.82, 2.24) is 0 Å².